The van der Waals surface area contributed by atoms with E-state index in [-0.39, 0.29) is 11.5 Å². The van der Waals surface area contributed by atoms with Gasteiger partial charge in [0.1, 0.15) is 5.75 Å². The van der Waals surface area contributed by atoms with Gasteiger partial charge >= 0.3 is 6.03 Å². The Morgan fingerprint density at radius 3 is 2.42 bits per heavy atom. The van der Waals surface area contributed by atoms with Gasteiger partial charge in [-0.25, -0.2) is 4.79 Å². The molecule has 0 radical (unpaired) electrons. The third-order valence-corrected chi connectivity index (χ3v) is 5.84. The molecule has 1 aliphatic rings. The van der Waals surface area contributed by atoms with Crippen LogP contribution in [0.5, 0.6) is 5.75 Å². The Morgan fingerprint density at radius 1 is 0.903 bits per heavy atom. The molecule has 1 fully saturated rings. The molecule has 1 saturated heterocycles. The molecule has 3 heterocycles. The van der Waals surface area contributed by atoms with Crippen LogP contribution in [0.2, 0.25) is 0 Å². The molecular formula is C24H22N4O3. The van der Waals surface area contributed by atoms with E-state index in [0.717, 1.165) is 11.4 Å². The van der Waals surface area contributed by atoms with Gasteiger partial charge in [-0.15, -0.1) is 0 Å². The zero-order valence-electron chi connectivity index (χ0n) is 17.2. The Bertz CT molecular complexity index is 1280. The SMILES string of the molecule is COc1ccccc1N1CCN(C(=O)n2c3ccccc3c(=O)c3cnccc32)CC1. The minimum absolute atomic E-state index is 0.108. The number of nitrogens with zero attached hydrogens (tertiary/aromatic N) is 4. The number of carbonyl (C=O) groups is 1. The van der Waals surface area contributed by atoms with Gasteiger partial charge in [0.15, 0.2) is 5.43 Å². The van der Waals surface area contributed by atoms with Crippen LogP contribution in [-0.4, -0.2) is 53.8 Å². The molecule has 0 spiro atoms. The Labute approximate surface area is 179 Å². The molecule has 0 N–H and O–H groups in total. The summed E-state index contributed by atoms with van der Waals surface area (Å²) in [6, 6.07) is 16.7. The smallest absolute Gasteiger partial charge is 0.329 e. The number of rotatable bonds is 2. The zero-order chi connectivity index (χ0) is 21.4. The number of benzene rings is 2. The zero-order valence-corrected chi connectivity index (χ0v) is 17.2. The van der Waals surface area contributed by atoms with Crippen molar-refractivity contribution in [2.45, 2.75) is 0 Å². The van der Waals surface area contributed by atoms with Crippen molar-refractivity contribution >= 4 is 33.5 Å². The van der Waals surface area contributed by atoms with E-state index in [1.807, 2.05) is 47.4 Å². The molecule has 2 aromatic heterocycles. The standard InChI is InChI=1S/C24H22N4O3/c1-31-22-9-5-4-8-21(22)26-12-14-27(15-13-26)24(30)28-19-7-3-2-6-17(19)23(29)18-16-25-11-10-20(18)28/h2-11,16H,12-15H2,1H3. The summed E-state index contributed by atoms with van der Waals surface area (Å²) in [7, 11) is 1.67. The molecule has 1 amide bonds. The number of ether oxygens (including phenoxy) is 1. The number of aromatic nitrogens is 2. The molecule has 0 aliphatic carbocycles. The summed E-state index contributed by atoms with van der Waals surface area (Å²) in [6.45, 7) is 2.54. The molecule has 156 valence electrons. The van der Waals surface area contributed by atoms with Gasteiger partial charge in [-0.1, -0.05) is 24.3 Å². The molecule has 0 bridgehead atoms. The summed E-state index contributed by atoms with van der Waals surface area (Å²) in [6.07, 6.45) is 3.15. The van der Waals surface area contributed by atoms with Crippen molar-refractivity contribution in [2.24, 2.45) is 0 Å². The summed E-state index contributed by atoms with van der Waals surface area (Å²) in [5, 5.41) is 0.964. The fraction of sp³-hybridized carbons (Fsp3) is 0.208. The largest absolute Gasteiger partial charge is 0.495 e. The number of amides is 1. The molecular weight excluding hydrogens is 392 g/mol. The first-order valence-electron chi connectivity index (χ1n) is 10.2. The van der Waals surface area contributed by atoms with Gasteiger partial charge in [0, 0.05) is 44.0 Å². The van der Waals surface area contributed by atoms with Crippen LogP contribution in [0.3, 0.4) is 0 Å². The van der Waals surface area contributed by atoms with Crippen molar-refractivity contribution in [3.05, 3.63) is 77.2 Å². The summed E-state index contributed by atoms with van der Waals surface area (Å²) < 4.78 is 7.13. The summed E-state index contributed by atoms with van der Waals surface area (Å²) >= 11 is 0. The number of hydrogen-bond donors (Lipinski definition) is 0. The third kappa shape index (κ3) is 3.18. The minimum atomic E-state index is -0.132. The Kier molecular flexibility index (Phi) is 4.78. The summed E-state index contributed by atoms with van der Waals surface area (Å²) in [4.78, 5) is 34.7. The number of piperazine rings is 1. The van der Waals surface area contributed by atoms with E-state index in [2.05, 4.69) is 9.88 Å². The molecule has 1 aliphatic heterocycles. The van der Waals surface area contributed by atoms with Gasteiger partial charge in [-0.05, 0) is 30.3 Å². The van der Waals surface area contributed by atoms with Gasteiger partial charge in [0.05, 0.1) is 29.2 Å². The lowest BCUT2D eigenvalue weighted by atomic mass is 10.1. The monoisotopic (exact) mass is 414 g/mol. The third-order valence-electron chi connectivity index (χ3n) is 5.84. The lowest BCUT2D eigenvalue weighted by Crippen LogP contribution is -2.50. The van der Waals surface area contributed by atoms with Crippen LogP contribution < -0.4 is 15.1 Å². The quantitative estimate of drug-likeness (QED) is 0.471. The van der Waals surface area contributed by atoms with Gasteiger partial charge in [0.25, 0.3) is 0 Å². The predicted octanol–water partition coefficient (Wildman–Crippen LogP) is 3.35. The Balaban J connectivity index is 1.50. The van der Waals surface area contributed by atoms with Crippen LogP contribution in [0.25, 0.3) is 21.8 Å². The number of para-hydroxylation sites is 3. The second-order valence-corrected chi connectivity index (χ2v) is 7.50. The second kappa shape index (κ2) is 7.75. The average molecular weight is 414 g/mol. The normalized spacial score (nSPS) is 14.2. The fourth-order valence-electron chi connectivity index (χ4n) is 4.27. The van der Waals surface area contributed by atoms with Crippen LogP contribution in [0.15, 0.2) is 71.8 Å². The number of methoxy groups -OCH3 is 1. The number of carbonyl (C=O) groups excluding carboxylic acids is 1. The van der Waals surface area contributed by atoms with E-state index in [4.69, 9.17) is 4.74 Å². The molecule has 0 saturated carbocycles. The van der Waals surface area contributed by atoms with Crippen molar-refractivity contribution in [2.75, 3.05) is 38.2 Å². The maximum atomic E-state index is 13.6. The lowest BCUT2D eigenvalue weighted by Gasteiger charge is -2.37. The van der Waals surface area contributed by atoms with Gasteiger partial charge in [0.2, 0.25) is 0 Å². The number of anilines is 1. The Morgan fingerprint density at radius 2 is 1.61 bits per heavy atom. The van der Waals surface area contributed by atoms with Crippen molar-refractivity contribution < 1.29 is 9.53 Å². The summed E-state index contributed by atoms with van der Waals surface area (Å²) in [5.74, 6) is 0.826. The number of fused-ring (bicyclic) bond motifs is 2. The molecule has 7 nitrogen and oxygen atoms in total. The minimum Gasteiger partial charge on any atom is -0.495 e. The topological polar surface area (TPSA) is 67.7 Å². The Hall–Kier alpha value is -3.87. The van der Waals surface area contributed by atoms with Gasteiger partial charge in [-0.3, -0.25) is 14.3 Å². The molecule has 0 atom stereocenters. The van der Waals surface area contributed by atoms with E-state index in [9.17, 15) is 9.59 Å². The van der Waals surface area contributed by atoms with Crippen LogP contribution in [-0.2, 0) is 0 Å². The highest BCUT2D eigenvalue weighted by Gasteiger charge is 2.26. The van der Waals surface area contributed by atoms with E-state index in [1.54, 1.807) is 30.0 Å². The van der Waals surface area contributed by atoms with Crippen LogP contribution in [0, 0.1) is 0 Å². The molecule has 4 aromatic rings. The highest BCUT2D eigenvalue weighted by Crippen LogP contribution is 2.28. The van der Waals surface area contributed by atoms with Gasteiger partial charge in [-0.2, -0.15) is 0 Å². The maximum absolute atomic E-state index is 13.6. The molecule has 5 rings (SSSR count). The number of hydrogen-bond acceptors (Lipinski definition) is 5. The predicted molar refractivity (Wildman–Crippen MR) is 121 cm³/mol. The molecule has 7 heteroatoms. The van der Waals surface area contributed by atoms with Gasteiger partial charge < -0.3 is 14.5 Å². The highest BCUT2D eigenvalue weighted by atomic mass is 16.5. The first kappa shape index (κ1) is 19.1. The maximum Gasteiger partial charge on any atom is 0.329 e. The first-order valence-corrected chi connectivity index (χ1v) is 10.2. The molecule has 2 aromatic carbocycles. The first-order chi connectivity index (χ1) is 15.2. The van der Waals surface area contributed by atoms with E-state index in [0.29, 0.717) is 48.0 Å². The van der Waals surface area contributed by atoms with Crippen molar-refractivity contribution in [3.63, 3.8) is 0 Å². The highest BCUT2D eigenvalue weighted by molar-refractivity contribution is 6.01. The van der Waals surface area contributed by atoms with Crippen molar-refractivity contribution in [1.82, 2.24) is 14.5 Å². The van der Waals surface area contributed by atoms with Crippen LogP contribution in [0.4, 0.5) is 10.5 Å². The second-order valence-electron chi connectivity index (χ2n) is 7.50. The van der Waals surface area contributed by atoms with Crippen LogP contribution >= 0.6 is 0 Å². The van der Waals surface area contributed by atoms with Crippen LogP contribution in [0.1, 0.15) is 0 Å². The van der Waals surface area contributed by atoms with Crippen molar-refractivity contribution in [1.29, 1.82) is 0 Å². The number of pyridine rings is 2. The lowest BCUT2D eigenvalue weighted by molar-refractivity contribution is 0.198. The van der Waals surface area contributed by atoms with Crippen molar-refractivity contribution in [3.8, 4) is 5.75 Å². The van der Waals surface area contributed by atoms with E-state index >= 15 is 0 Å². The molecule has 0 unspecified atom stereocenters. The van der Waals surface area contributed by atoms with E-state index in [1.165, 1.54) is 6.20 Å². The average Bonchev–Trinajstić information content (AvgIpc) is 2.84. The fourth-order valence-corrected chi connectivity index (χ4v) is 4.27. The molecule has 31 heavy (non-hydrogen) atoms. The summed E-state index contributed by atoms with van der Waals surface area (Å²) in [5.41, 5.74) is 2.12. The van der Waals surface area contributed by atoms with E-state index < -0.39 is 0 Å².